The van der Waals surface area contributed by atoms with Crippen molar-refractivity contribution < 1.29 is 4.74 Å². The van der Waals surface area contributed by atoms with Crippen LogP contribution in [0.4, 0.5) is 17.1 Å². The fraction of sp³-hybridized carbons (Fsp3) is 0.192. The van der Waals surface area contributed by atoms with E-state index in [9.17, 15) is 0 Å². The molecule has 3 atom stereocenters. The molecule has 2 bridgehead atoms. The van der Waals surface area contributed by atoms with Gasteiger partial charge in [-0.05, 0) is 119 Å². The van der Waals surface area contributed by atoms with E-state index in [4.69, 9.17) is 4.74 Å². The molecule has 270 valence electrons. The normalized spacial score (nSPS) is 19.9. The summed E-state index contributed by atoms with van der Waals surface area (Å²) in [6.45, 7) is 4.90. The molecule has 12 rings (SSSR count). The minimum Gasteiger partial charge on any atom is -0.457 e. The Balaban J connectivity index is 1.10. The van der Waals surface area contributed by atoms with Crippen molar-refractivity contribution >= 4 is 62.0 Å². The maximum atomic E-state index is 6.46. The Labute approximate surface area is 329 Å². The van der Waals surface area contributed by atoms with Crippen LogP contribution in [0.2, 0.25) is 0 Å². The molecule has 8 aromatic rings. The number of rotatable bonds is 5. The summed E-state index contributed by atoms with van der Waals surface area (Å²) in [5.41, 5.74) is 15.6. The van der Waals surface area contributed by atoms with Crippen LogP contribution in [-0.4, -0.2) is 11.3 Å². The molecule has 1 aromatic heterocycles. The average molecular weight is 723 g/mol. The molecule has 0 amide bonds. The number of benzene rings is 7. The Morgan fingerprint density at radius 2 is 1.36 bits per heavy atom. The third-order valence-corrected chi connectivity index (χ3v) is 14.0. The second-order valence-corrected chi connectivity index (χ2v) is 17.2. The number of fused-ring (bicyclic) bond motifs is 9. The Morgan fingerprint density at radius 1 is 0.589 bits per heavy atom. The lowest BCUT2D eigenvalue weighted by Crippen LogP contribution is -2.64. The van der Waals surface area contributed by atoms with Crippen LogP contribution in [0.25, 0.3) is 27.5 Å². The molecule has 56 heavy (non-hydrogen) atoms. The summed E-state index contributed by atoms with van der Waals surface area (Å²) < 4.78 is 9.00. The zero-order chi connectivity index (χ0) is 37.1. The minimum absolute atomic E-state index is 0.122. The smallest absolute Gasteiger partial charge is 0.247 e. The highest BCUT2D eigenvalue weighted by atomic mass is 16.5. The molecule has 2 fully saturated rings. The molecule has 0 spiro atoms. The second-order valence-electron chi connectivity index (χ2n) is 17.2. The van der Waals surface area contributed by atoms with E-state index >= 15 is 0 Å². The summed E-state index contributed by atoms with van der Waals surface area (Å²) in [4.78, 5) is 2.50. The fourth-order valence-electron chi connectivity index (χ4n) is 11.6. The number of anilines is 3. The van der Waals surface area contributed by atoms with Gasteiger partial charge < -0.3 is 14.2 Å². The summed E-state index contributed by atoms with van der Waals surface area (Å²) in [5, 5.41) is 2.80. The molecular formula is C52H43BN2O. The van der Waals surface area contributed by atoms with Crippen LogP contribution >= 0.6 is 0 Å². The van der Waals surface area contributed by atoms with Crippen LogP contribution in [0.5, 0.6) is 11.5 Å². The number of nitrogens with zero attached hydrogens (tertiary/aromatic N) is 2. The highest BCUT2D eigenvalue weighted by Gasteiger charge is 2.46. The van der Waals surface area contributed by atoms with Gasteiger partial charge in [0.1, 0.15) is 11.5 Å². The highest BCUT2D eigenvalue weighted by Crippen LogP contribution is 2.55. The van der Waals surface area contributed by atoms with Gasteiger partial charge in [0.05, 0.1) is 11.0 Å². The molecule has 3 unspecified atom stereocenters. The molecule has 0 N–H and O–H groups in total. The van der Waals surface area contributed by atoms with Crippen LogP contribution in [0.3, 0.4) is 0 Å². The molecule has 0 radical (unpaired) electrons. The Bertz CT molecular complexity index is 2870. The van der Waals surface area contributed by atoms with Gasteiger partial charge in [0.15, 0.2) is 0 Å². The first kappa shape index (κ1) is 32.3. The number of hydrogen-bond acceptors (Lipinski definition) is 2. The van der Waals surface area contributed by atoms with E-state index in [2.05, 4.69) is 151 Å². The number of para-hydroxylation sites is 2. The maximum Gasteiger partial charge on any atom is 0.247 e. The van der Waals surface area contributed by atoms with Gasteiger partial charge >= 0.3 is 0 Å². The predicted molar refractivity (Wildman–Crippen MR) is 233 cm³/mol. The van der Waals surface area contributed by atoms with Crippen molar-refractivity contribution in [3.05, 3.63) is 174 Å². The van der Waals surface area contributed by atoms with Crippen molar-refractivity contribution in [2.24, 2.45) is 11.8 Å². The third kappa shape index (κ3) is 4.59. The van der Waals surface area contributed by atoms with Gasteiger partial charge in [-0.15, -0.1) is 0 Å². The maximum absolute atomic E-state index is 6.46. The molecular weight excluding hydrogens is 679 g/mol. The van der Waals surface area contributed by atoms with Crippen LogP contribution in [0, 0.1) is 11.8 Å². The first-order chi connectivity index (χ1) is 27.5. The lowest BCUT2D eigenvalue weighted by atomic mass is 9.30. The predicted octanol–water partition coefficient (Wildman–Crippen LogP) is 11.4. The van der Waals surface area contributed by atoms with Gasteiger partial charge in [0.2, 0.25) is 6.71 Å². The molecule has 7 aromatic carbocycles. The van der Waals surface area contributed by atoms with Crippen LogP contribution in [0.1, 0.15) is 62.1 Å². The zero-order valence-corrected chi connectivity index (χ0v) is 32.0. The first-order valence-electron chi connectivity index (χ1n) is 20.6. The minimum atomic E-state index is -0.140. The van der Waals surface area contributed by atoms with E-state index in [-0.39, 0.29) is 12.1 Å². The molecule has 2 aliphatic heterocycles. The zero-order valence-electron chi connectivity index (χ0n) is 32.0. The van der Waals surface area contributed by atoms with Gasteiger partial charge in [-0.2, -0.15) is 0 Å². The third-order valence-electron chi connectivity index (χ3n) is 14.0. The monoisotopic (exact) mass is 722 g/mol. The van der Waals surface area contributed by atoms with Crippen molar-refractivity contribution in [1.82, 2.24) is 4.57 Å². The molecule has 2 saturated carbocycles. The SMILES string of the molecule is CC1(C)c2ccccc2B2c3ccc(-n4c5ccccc5c5c(C6CC7CCC6C7)cccc54)cc3N(c3cccc(Oc4ccccc4)c3)c3cccc1c32. The summed E-state index contributed by atoms with van der Waals surface area (Å²) in [6.07, 6.45) is 5.54. The van der Waals surface area contributed by atoms with Gasteiger partial charge in [0, 0.05) is 45.0 Å². The lowest BCUT2D eigenvalue weighted by molar-refractivity contribution is 0.422. The van der Waals surface area contributed by atoms with Crippen LogP contribution in [-0.2, 0) is 5.41 Å². The topological polar surface area (TPSA) is 17.4 Å². The molecule has 4 heteroatoms. The molecule has 0 saturated heterocycles. The Hall–Kier alpha value is -6.00. The van der Waals surface area contributed by atoms with Gasteiger partial charge in [-0.25, -0.2) is 0 Å². The molecule has 2 aliphatic carbocycles. The van der Waals surface area contributed by atoms with Crippen molar-refractivity contribution in [2.75, 3.05) is 4.90 Å². The van der Waals surface area contributed by atoms with Crippen LogP contribution < -0.4 is 26.0 Å². The fourth-order valence-corrected chi connectivity index (χ4v) is 11.6. The van der Waals surface area contributed by atoms with Crippen molar-refractivity contribution in [3.8, 4) is 17.2 Å². The summed E-state index contributed by atoms with van der Waals surface area (Å²) in [5.74, 6) is 4.02. The Morgan fingerprint density at radius 3 is 2.23 bits per heavy atom. The largest absolute Gasteiger partial charge is 0.457 e. The summed E-state index contributed by atoms with van der Waals surface area (Å²) >= 11 is 0. The van der Waals surface area contributed by atoms with Gasteiger partial charge in [0.25, 0.3) is 0 Å². The van der Waals surface area contributed by atoms with Gasteiger partial charge in [-0.3, -0.25) is 0 Å². The van der Waals surface area contributed by atoms with E-state index in [1.165, 1.54) is 92.1 Å². The quantitative estimate of drug-likeness (QED) is 0.165. The van der Waals surface area contributed by atoms with Gasteiger partial charge in [-0.1, -0.05) is 123 Å². The molecule has 3 heterocycles. The number of aromatic nitrogens is 1. The van der Waals surface area contributed by atoms with Crippen molar-refractivity contribution in [3.63, 3.8) is 0 Å². The van der Waals surface area contributed by atoms with E-state index in [0.29, 0.717) is 5.92 Å². The molecule has 3 nitrogen and oxygen atoms in total. The van der Waals surface area contributed by atoms with E-state index in [0.717, 1.165) is 29.0 Å². The standard InChI is InChI=1S/C52H43BN2O/c1-52(2)42-19-7-8-21-44(42)53-45-28-27-36(54-46-22-9-6-17-40(46)50-39(18-11-23-47(50)54)41-30-33-25-26-34(41)29-33)32-49(45)55(48-24-12-20-43(52)51(48)53)35-13-10-16-38(31-35)56-37-14-4-3-5-15-37/h3-24,27-28,31-34,41H,25-26,29-30H2,1-2H3. The van der Waals surface area contributed by atoms with Crippen LogP contribution in [0.15, 0.2) is 158 Å². The second kappa shape index (κ2) is 12.0. The van der Waals surface area contributed by atoms with E-state index < -0.39 is 0 Å². The molecule has 4 aliphatic rings. The average Bonchev–Trinajstić information content (AvgIpc) is 3.96. The van der Waals surface area contributed by atoms with Crippen molar-refractivity contribution in [1.29, 1.82) is 0 Å². The lowest BCUT2D eigenvalue weighted by Gasteiger charge is -2.45. The van der Waals surface area contributed by atoms with E-state index in [1.54, 1.807) is 5.56 Å². The first-order valence-corrected chi connectivity index (χ1v) is 20.6. The highest BCUT2D eigenvalue weighted by molar-refractivity contribution is 6.99. The summed E-state index contributed by atoms with van der Waals surface area (Å²) in [6, 6.07) is 58.3. The number of hydrogen-bond donors (Lipinski definition) is 0. The van der Waals surface area contributed by atoms with E-state index in [1.807, 2.05) is 30.3 Å². The Kier molecular flexibility index (Phi) is 6.92. The summed E-state index contributed by atoms with van der Waals surface area (Å²) in [7, 11) is 0. The van der Waals surface area contributed by atoms with Crippen molar-refractivity contribution in [2.45, 2.75) is 50.9 Å². The number of ether oxygens (including phenoxy) is 1.